The van der Waals surface area contributed by atoms with Crippen molar-refractivity contribution in [2.45, 2.75) is 56.9 Å². The summed E-state index contributed by atoms with van der Waals surface area (Å²) in [7, 11) is 0. The Balaban J connectivity index is 1.31. The van der Waals surface area contributed by atoms with E-state index in [1.54, 1.807) is 18.2 Å². The lowest BCUT2D eigenvalue weighted by atomic mass is 9.92. The van der Waals surface area contributed by atoms with Gasteiger partial charge in [-0.2, -0.15) is 0 Å². The maximum atomic E-state index is 13.0. The number of aromatic nitrogens is 1. The summed E-state index contributed by atoms with van der Waals surface area (Å²) in [4.78, 5) is 31.4. The quantitative estimate of drug-likeness (QED) is 0.770. The number of amides is 2. The minimum absolute atomic E-state index is 0.0523. The molecule has 1 aromatic carbocycles. The van der Waals surface area contributed by atoms with Crippen LogP contribution in [0, 0.1) is 5.82 Å². The van der Waals surface area contributed by atoms with Crippen LogP contribution in [-0.2, 0) is 11.2 Å². The number of carbonyl (C=O) groups excluding carboxylic acids is 2. The largest absolute Gasteiger partial charge is 0.383 e. The fourth-order valence-corrected chi connectivity index (χ4v) is 4.56. The highest BCUT2D eigenvalue weighted by Crippen LogP contribution is 2.28. The van der Waals surface area contributed by atoms with Crippen molar-refractivity contribution < 1.29 is 14.0 Å². The van der Waals surface area contributed by atoms with Gasteiger partial charge in [-0.1, -0.05) is 25.0 Å². The normalized spacial score (nSPS) is 17.6. The zero-order valence-electron chi connectivity index (χ0n) is 17.6. The molecule has 1 aliphatic heterocycles. The van der Waals surface area contributed by atoms with Crippen LogP contribution in [0.4, 0.5) is 10.2 Å². The molecule has 1 aromatic heterocycles. The third kappa shape index (κ3) is 5.21. The van der Waals surface area contributed by atoms with Crippen LogP contribution in [0.3, 0.4) is 0 Å². The molecule has 7 heteroatoms. The lowest BCUT2D eigenvalue weighted by Crippen LogP contribution is -2.39. The van der Waals surface area contributed by atoms with E-state index in [1.807, 2.05) is 11.0 Å². The molecular formula is C24H29FN4O2. The standard InChI is InChI=1S/C24H29FN4O2/c25-18-7-5-16(6-8-18)15-22(30)29-13-11-17(12-14-29)21-10-9-20(23(26)28-21)24(31)27-19-3-1-2-4-19/h5-10,17,19H,1-4,11-15H2,(H2,26,28)(H,27,31). The highest BCUT2D eigenvalue weighted by molar-refractivity contribution is 5.98. The number of hydrogen-bond donors (Lipinski definition) is 2. The molecule has 1 saturated carbocycles. The molecule has 2 aromatic rings. The smallest absolute Gasteiger partial charge is 0.255 e. The van der Waals surface area contributed by atoms with Gasteiger partial charge in [0.2, 0.25) is 5.91 Å². The Morgan fingerprint density at radius 2 is 1.71 bits per heavy atom. The molecule has 2 fully saturated rings. The van der Waals surface area contributed by atoms with Gasteiger partial charge in [0.15, 0.2) is 0 Å². The first-order valence-electron chi connectivity index (χ1n) is 11.1. The van der Waals surface area contributed by atoms with Crippen molar-refractivity contribution in [3.8, 4) is 0 Å². The molecule has 164 valence electrons. The molecular weight excluding hydrogens is 395 g/mol. The summed E-state index contributed by atoms with van der Waals surface area (Å²) in [5, 5.41) is 3.05. The lowest BCUT2D eigenvalue weighted by molar-refractivity contribution is -0.131. The lowest BCUT2D eigenvalue weighted by Gasteiger charge is -2.32. The fourth-order valence-electron chi connectivity index (χ4n) is 4.56. The molecule has 0 unspecified atom stereocenters. The van der Waals surface area contributed by atoms with Gasteiger partial charge in [-0.15, -0.1) is 0 Å². The molecule has 0 radical (unpaired) electrons. The third-order valence-electron chi connectivity index (χ3n) is 6.42. The van der Waals surface area contributed by atoms with Crippen LogP contribution in [0.2, 0.25) is 0 Å². The maximum Gasteiger partial charge on any atom is 0.255 e. The van der Waals surface area contributed by atoms with E-state index in [1.165, 1.54) is 12.1 Å². The van der Waals surface area contributed by atoms with Gasteiger partial charge >= 0.3 is 0 Å². The van der Waals surface area contributed by atoms with Crippen LogP contribution in [0.25, 0.3) is 0 Å². The van der Waals surface area contributed by atoms with E-state index >= 15 is 0 Å². The average molecular weight is 425 g/mol. The molecule has 4 rings (SSSR count). The van der Waals surface area contributed by atoms with Crippen LogP contribution in [0.1, 0.15) is 66.1 Å². The maximum absolute atomic E-state index is 13.0. The number of pyridine rings is 1. The predicted octanol–water partition coefficient (Wildman–Crippen LogP) is 3.42. The van der Waals surface area contributed by atoms with Crippen LogP contribution < -0.4 is 11.1 Å². The minimum Gasteiger partial charge on any atom is -0.383 e. The molecule has 1 saturated heterocycles. The molecule has 1 aliphatic carbocycles. The summed E-state index contributed by atoms with van der Waals surface area (Å²) in [6.07, 6.45) is 6.24. The van der Waals surface area contributed by atoms with Crippen molar-refractivity contribution in [3.05, 3.63) is 59.0 Å². The van der Waals surface area contributed by atoms with Gasteiger partial charge in [-0.3, -0.25) is 9.59 Å². The van der Waals surface area contributed by atoms with E-state index in [0.717, 1.165) is 49.8 Å². The molecule has 2 amide bonds. The van der Waals surface area contributed by atoms with Gasteiger partial charge in [-0.05, 0) is 55.5 Å². The number of rotatable bonds is 5. The van der Waals surface area contributed by atoms with E-state index < -0.39 is 0 Å². The number of carbonyl (C=O) groups is 2. The highest BCUT2D eigenvalue weighted by Gasteiger charge is 2.26. The van der Waals surface area contributed by atoms with E-state index in [2.05, 4.69) is 10.3 Å². The van der Waals surface area contributed by atoms with E-state index in [9.17, 15) is 14.0 Å². The number of nitrogens with one attached hydrogen (secondary N) is 1. The zero-order valence-corrected chi connectivity index (χ0v) is 17.6. The summed E-state index contributed by atoms with van der Waals surface area (Å²) in [6.45, 7) is 1.30. The average Bonchev–Trinajstić information content (AvgIpc) is 3.28. The second-order valence-corrected chi connectivity index (χ2v) is 8.58. The van der Waals surface area contributed by atoms with Crippen molar-refractivity contribution in [3.63, 3.8) is 0 Å². The molecule has 0 bridgehead atoms. The summed E-state index contributed by atoms with van der Waals surface area (Å²) in [5.74, 6) is 0.0823. The first kappa shape index (κ1) is 21.3. The number of likely N-dealkylation sites (tertiary alicyclic amines) is 1. The van der Waals surface area contributed by atoms with Crippen molar-refractivity contribution in [1.29, 1.82) is 0 Å². The molecule has 2 heterocycles. The number of anilines is 1. The van der Waals surface area contributed by atoms with Gasteiger partial charge in [-0.25, -0.2) is 9.37 Å². The Bertz CT molecular complexity index is 933. The van der Waals surface area contributed by atoms with E-state index in [0.29, 0.717) is 18.7 Å². The zero-order chi connectivity index (χ0) is 21.8. The Morgan fingerprint density at radius 3 is 2.35 bits per heavy atom. The molecule has 0 atom stereocenters. The van der Waals surface area contributed by atoms with Crippen LogP contribution in [-0.4, -0.2) is 40.8 Å². The molecule has 0 spiro atoms. The Morgan fingerprint density at radius 1 is 1.03 bits per heavy atom. The third-order valence-corrected chi connectivity index (χ3v) is 6.42. The molecule has 2 aliphatic rings. The van der Waals surface area contributed by atoms with E-state index in [4.69, 9.17) is 5.73 Å². The summed E-state index contributed by atoms with van der Waals surface area (Å²) >= 11 is 0. The predicted molar refractivity (Wildman–Crippen MR) is 117 cm³/mol. The summed E-state index contributed by atoms with van der Waals surface area (Å²) in [5.41, 5.74) is 8.23. The van der Waals surface area contributed by atoms with Crippen molar-refractivity contribution >= 4 is 17.6 Å². The van der Waals surface area contributed by atoms with Gasteiger partial charge < -0.3 is 16.0 Å². The number of nitrogens with zero attached hydrogens (tertiary/aromatic N) is 2. The summed E-state index contributed by atoms with van der Waals surface area (Å²) < 4.78 is 13.0. The number of benzene rings is 1. The number of piperidine rings is 1. The second-order valence-electron chi connectivity index (χ2n) is 8.58. The Kier molecular flexibility index (Phi) is 6.49. The molecule has 31 heavy (non-hydrogen) atoms. The monoisotopic (exact) mass is 424 g/mol. The van der Waals surface area contributed by atoms with Crippen LogP contribution in [0.5, 0.6) is 0 Å². The van der Waals surface area contributed by atoms with Crippen molar-refractivity contribution in [1.82, 2.24) is 15.2 Å². The number of nitrogens with two attached hydrogens (primary N) is 1. The van der Waals surface area contributed by atoms with E-state index in [-0.39, 0.29) is 41.8 Å². The van der Waals surface area contributed by atoms with Gasteiger partial charge in [0.1, 0.15) is 11.6 Å². The Hall–Kier alpha value is -2.96. The van der Waals surface area contributed by atoms with Gasteiger partial charge in [0, 0.05) is 30.7 Å². The second kappa shape index (κ2) is 9.45. The molecule has 6 nitrogen and oxygen atoms in total. The molecule has 3 N–H and O–H groups in total. The van der Waals surface area contributed by atoms with Gasteiger partial charge in [0.25, 0.3) is 5.91 Å². The number of hydrogen-bond acceptors (Lipinski definition) is 4. The Labute approximate surface area is 182 Å². The highest BCUT2D eigenvalue weighted by atomic mass is 19.1. The van der Waals surface area contributed by atoms with Crippen molar-refractivity contribution in [2.24, 2.45) is 0 Å². The minimum atomic E-state index is -0.300. The fraction of sp³-hybridized carbons (Fsp3) is 0.458. The van der Waals surface area contributed by atoms with Crippen molar-refractivity contribution in [2.75, 3.05) is 18.8 Å². The SMILES string of the molecule is Nc1nc(C2CCN(C(=O)Cc3ccc(F)cc3)CC2)ccc1C(=O)NC1CCCC1. The topological polar surface area (TPSA) is 88.3 Å². The number of halogens is 1. The number of nitrogen functional groups attached to an aromatic ring is 1. The van der Waals surface area contributed by atoms with Gasteiger partial charge in [0.05, 0.1) is 12.0 Å². The first-order valence-corrected chi connectivity index (χ1v) is 11.1. The van der Waals surface area contributed by atoms with Crippen LogP contribution in [0.15, 0.2) is 36.4 Å². The summed E-state index contributed by atoms with van der Waals surface area (Å²) in [6, 6.07) is 9.96. The van der Waals surface area contributed by atoms with Crippen LogP contribution >= 0.6 is 0 Å². The first-order chi connectivity index (χ1) is 15.0.